The molecule has 0 unspecified atom stereocenters. The molecule has 3 fully saturated rings. The van der Waals surface area contributed by atoms with Crippen molar-refractivity contribution in [2.75, 3.05) is 32.8 Å². The van der Waals surface area contributed by atoms with Crippen LogP contribution in [0.3, 0.4) is 0 Å². The number of amides is 3. The minimum absolute atomic E-state index is 0.0400. The highest BCUT2D eigenvalue weighted by Crippen LogP contribution is 2.33. The van der Waals surface area contributed by atoms with Crippen LogP contribution in [0, 0.1) is 5.92 Å². The number of benzene rings is 1. The first kappa shape index (κ1) is 16.4. The molecule has 4 rings (SSSR count). The van der Waals surface area contributed by atoms with E-state index in [-0.39, 0.29) is 24.0 Å². The molecule has 3 aliphatic rings. The van der Waals surface area contributed by atoms with Crippen molar-refractivity contribution in [2.45, 2.75) is 31.3 Å². The normalized spacial score (nSPS) is 26.6. The van der Waals surface area contributed by atoms with Crippen LogP contribution in [0.1, 0.15) is 29.6 Å². The van der Waals surface area contributed by atoms with Crippen molar-refractivity contribution in [3.8, 4) is 0 Å². The summed E-state index contributed by atoms with van der Waals surface area (Å²) in [6.45, 7) is 3.67. The molecule has 25 heavy (non-hydrogen) atoms. The van der Waals surface area contributed by atoms with Gasteiger partial charge in [-0.25, -0.2) is 4.79 Å². The maximum atomic E-state index is 12.6. The summed E-state index contributed by atoms with van der Waals surface area (Å²) in [6.07, 6.45) is 2.65. The number of nitrogens with zero attached hydrogens (tertiary/aromatic N) is 2. The molecule has 134 valence electrons. The third-order valence-corrected chi connectivity index (χ3v) is 5.64. The van der Waals surface area contributed by atoms with Gasteiger partial charge in [0.1, 0.15) is 0 Å². The van der Waals surface area contributed by atoms with Crippen molar-refractivity contribution >= 4 is 11.9 Å². The van der Waals surface area contributed by atoms with Crippen molar-refractivity contribution in [1.29, 1.82) is 0 Å². The highest BCUT2D eigenvalue weighted by Gasteiger charge is 2.45. The Kier molecular flexibility index (Phi) is 4.61. The maximum Gasteiger partial charge on any atom is 0.317 e. The number of piperidine rings is 1. The molecule has 3 aliphatic heterocycles. The summed E-state index contributed by atoms with van der Waals surface area (Å²) >= 11 is 0. The Bertz CT molecular complexity index is 630. The van der Waals surface area contributed by atoms with Crippen LogP contribution in [-0.2, 0) is 4.74 Å². The van der Waals surface area contributed by atoms with E-state index < -0.39 is 0 Å². The van der Waals surface area contributed by atoms with Crippen molar-refractivity contribution in [3.05, 3.63) is 35.9 Å². The quantitative estimate of drug-likeness (QED) is 0.889. The van der Waals surface area contributed by atoms with Gasteiger partial charge < -0.3 is 19.9 Å². The summed E-state index contributed by atoms with van der Waals surface area (Å²) in [4.78, 5) is 28.9. The van der Waals surface area contributed by atoms with Crippen LogP contribution in [-0.4, -0.2) is 66.7 Å². The van der Waals surface area contributed by atoms with Gasteiger partial charge in [0.05, 0.1) is 0 Å². The second kappa shape index (κ2) is 7.04. The van der Waals surface area contributed by atoms with Gasteiger partial charge in [-0.15, -0.1) is 0 Å². The first-order chi connectivity index (χ1) is 12.2. The Balaban J connectivity index is 1.29. The van der Waals surface area contributed by atoms with Crippen molar-refractivity contribution < 1.29 is 14.3 Å². The van der Waals surface area contributed by atoms with Gasteiger partial charge in [-0.05, 0) is 31.4 Å². The third kappa shape index (κ3) is 3.35. The number of likely N-dealkylation sites (tertiary alicyclic amines) is 2. The van der Waals surface area contributed by atoms with E-state index in [0.29, 0.717) is 5.92 Å². The van der Waals surface area contributed by atoms with Crippen molar-refractivity contribution in [3.63, 3.8) is 0 Å². The van der Waals surface area contributed by atoms with E-state index in [2.05, 4.69) is 5.32 Å². The fourth-order valence-corrected chi connectivity index (χ4v) is 4.13. The third-order valence-electron chi connectivity index (χ3n) is 5.64. The number of hydrogen-bond donors (Lipinski definition) is 1. The van der Waals surface area contributed by atoms with Gasteiger partial charge in [-0.3, -0.25) is 4.79 Å². The molecule has 0 bridgehead atoms. The molecule has 0 aliphatic carbocycles. The highest BCUT2D eigenvalue weighted by atomic mass is 16.5. The summed E-state index contributed by atoms with van der Waals surface area (Å²) in [7, 11) is 0. The first-order valence-corrected chi connectivity index (χ1v) is 9.21. The number of urea groups is 1. The lowest BCUT2D eigenvalue weighted by Crippen LogP contribution is -2.66. The van der Waals surface area contributed by atoms with E-state index in [4.69, 9.17) is 4.74 Å². The van der Waals surface area contributed by atoms with Crippen molar-refractivity contribution in [1.82, 2.24) is 15.1 Å². The minimum Gasteiger partial charge on any atom is -0.381 e. The molecule has 6 nitrogen and oxygen atoms in total. The number of carbonyl (C=O) groups excluding carboxylic acids is 2. The molecule has 0 aromatic heterocycles. The fraction of sp³-hybridized carbons (Fsp3) is 0.579. The van der Waals surface area contributed by atoms with Gasteiger partial charge >= 0.3 is 6.03 Å². The molecule has 0 spiro atoms. The van der Waals surface area contributed by atoms with E-state index in [0.717, 1.165) is 57.7 Å². The van der Waals surface area contributed by atoms with Gasteiger partial charge in [0.25, 0.3) is 5.91 Å². The van der Waals surface area contributed by atoms with Gasteiger partial charge in [0, 0.05) is 56.4 Å². The molecule has 3 amide bonds. The van der Waals surface area contributed by atoms with Crippen LogP contribution < -0.4 is 5.32 Å². The molecule has 3 saturated heterocycles. The molecule has 6 heteroatoms. The van der Waals surface area contributed by atoms with Gasteiger partial charge in [-0.2, -0.15) is 0 Å². The van der Waals surface area contributed by atoms with E-state index in [1.54, 1.807) is 0 Å². The number of ether oxygens (including phenoxy) is 1. The largest absolute Gasteiger partial charge is 0.381 e. The van der Waals surface area contributed by atoms with Gasteiger partial charge in [-0.1, -0.05) is 18.2 Å². The lowest BCUT2D eigenvalue weighted by atomic mass is 9.82. The molecular weight excluding hydrogens is 318 g/mol. The summed E-state index contributed by atoms with van der Waals surface area (Å²) in [5.74, 6) is 0.517. The van der Waals surface area contributed by atoms with E-state index in [1.165, 1.54) is 0 Å². The van der Waals surface area contributed by atoms with E-state index >= 15 is 0 Å². The molecule has 1 aromatic rings. The molecule has 3 heterocycles. The lowest BCUT2D eigenvalue weighted by molar-refractivity contribution is -0.0189. The highest BCUT2D eigenvalue weighted by molar-refractivity contribution is 5.95. The SMILES string of the molecule is O=C(NC1CCOCC1)N1CC[C@@H]2[C@H](C1)CN2C(=O)c1ccccc1. The van der Waals surface area contributed by atoms with Crippen LogP contribution in [0.15, 0.2) is 30.3 Å². The van der Waals surface area contributed by atoms with E-state index in [1.807, 2.05) is 40.1 Å². The molecule has 0 radical (unpaired) electrons. The Morgan fingerprint density at radius 2 is 1.80 bits per heavy atom. The number of rotatable bonds is 2. The summed E-state index contributed by atoms with van der Waals surface area (Å²) < 4.78 is 5.34. The van der Waals surface area contributed by atoms with Gasteiger partial charge in [0.2, 0.25) is 0 Å². The number of carbonyl (C=O) groups is 2. The average Bonchev–Trinajstić information content (AvgIpc) is 2.64. The Morgan fingerprint density at radius 3 is 2.52 bits per heavy atom. The average molecular weight is 343 g/mol. The zero-order chi connectivity index (χ0) is 17.2. The lowest BCUT2D eigenvalue weighted by Gasteiger charge is -2.53. The van der Waals surface area contributed by atoms with E-state index in [9.17, 15) is 9.59 Å². The summed E-state index contributed by atoms with van der Waals surface area (Å²) in [5.41, 5.74) is 0.751. The number of hydrogen-bond acceptors (Lipinski definition) is 3. The number of fused-ring (bicyclic) bond motifs is 1. The predicted molar refractivity (Wildman–Crippen MR) is 93.3 cm³/mol. The molecular formula is C19H25N3O3. The topological polar surface area (TPSA) is 61.9 Å². The summed E-state index contributed by atoms with van der Waals surface area (Å²) in [6, 6.07) is 10.00. The second-order valence-electron chi connectivity index (χ2n) is 7.22. The monoisotopic (exact) mass is 343 g/mol. The Hall–Kier alpha value is -2.08. The van der Waals surface area contributed by atoms with Crippen LogP contribution in [0.4, 0.5) is 4.79 Å². The molecule has 1 aromatic carbocycles. The number of nitrogens with one attached hydrogen (secondary N) is 1. The summed E-state index contributed by atoms with van der Waals surface area (Å²) in [5, 5.41) is 3.13. The molecule has 1 N–H and O–H groups in total. The smallest absolute Gasteiger partial charge is 0.317 e. The Labute approximate surface area is 148 Å². The van der Waals surface area contributed by atoms with Crippen LogP contribution >= 0.6 is 0 Å². The van der Waals surface area contributed by atoms with Crippen LogP contribution in [0.2, 0.25) is 0 Å². The standard InChI is InChI=1S/C19H25N3O3/c23-18(14-4-2-1-3-5-14)22-13-15-12-21(9-6-17(15)22)19(24)20-16-7-10-25-11-8-16/h1-5,15-17H,6-13H2,(H,20,24)/t15-,17-/m1/s1. The van der Waals surface area contributed by atoms with Crippen molar-refractivity contribution in [2.24, 2.45) is 5.92 Å². The first-order valence-electron chi connectivity index (χ1n) is 9.21. The second-order valence-corrected chi connectivity index (χ2v) is 7.22. The zero-order valence-corrected chi connectivity index (χ0v) is 14.4. The molecule has 0 saturated carbocycles. The van der Waals surface area contributed by atoms with Gasteiger partial charge in [0.15, 0.2) is 0 Å². The Morgan fingerprint density at radius 1 is 1.04 bits per heavy atom. The predicted octanol–water partition coefficient (Wildman–Crippen LogP) is 1.72. The zero-order valence-electron chi connectivity index (χ0n) is 14.4. The fourth-order valence-electron chi connectivity index (χ4n) is 4.13. The molecule has 2 atom stereocenters. The van der Waals surface area contributed by atoms with Crippen LogP contribution in [0.5, 0.6) is 0 Å². The maximum absolute atomic E-state index is 12.6. The van der Waals surface area contributed by atoms with Crippen LogP contribution in [0.25, 0.3) is 0 Å². The minimum atomic E-state index is 0.0400.